The number of hydrogen-bond donors (Lipinski definition) is 1. The highest BCUT2D eigenvalue weighted by Crippen LogP contribution is 2.34. The van der Waals surface area contributed by atoms with Crippen LogP contribution in [-0.4, -0.2) is 82.3 Å². The Morgan fingerprint density at radius 3 is 2.47 bits per heavy atom. The topological polar surface area (TPSA) is 92.6 Å². The lowest BCUT2D eigenvalue weighted by molar-refractivity contribution is -0.137. The second kappa shape index (κ2) is 12.5. The van der Waals surface area contributed by atoms with Crippen molar-refractivity contribution in [1.82, 2.24) is 29.9 Å². The molecule has 3 saturated heterocycles. The minimum Gasteiger partial charge on any atom is -0.381 e. The zero-order valence-electron chi connectivity index (χ0n) is 25.2. The van der Waals surface area contributed by atoms with Gasteiger partial charge in [0, 0.05) is 45.5 Å². The first-order chi connectivity index (χ1) is 21.5. The number of aryl methyl sites for hydroxylation is 1. The van der Waals surface area contributed by atoms with Gasteiger partial charge in [-0.3, -0.25) is 9.59 Å². The summed E-state index contributed by atoms with van der Waals surface area (Å²) in [5, 5.41) is 7.55. The summed E-state index contributed by atoms with van der Waals surface area (Å²) in [5.41, 5.74) is 1.34. The highest BCUT2D eigenvalue weighted by Gasteiger charge is 2.42. The molecular formula is C32H36F4N6O3. The summed E-state index contributed by atoms with van der Waals surface area (Å²) < 4.78 is 59.8. The molecule has 3 aliphatic rings. The third kappa shape index (κ3) is 6.60. The second-order valence-corrected chi connectivity index (χ2v) is 12.3. The van der Waals surface area contributed by atoms with E-state index >= 15 is 0 Å². The molecule has 0 spiro atoms. The van der Waals surface area contributed by atoms with Crippen LogP contribution in [0.3, 0.4) is 0 Å². The maximum absolute atomic E-state index is 14.1. The van der Waals surface area contributed by atoms with Gasteiger partial charge in [-0.1, -0.05) is 12.1 Å². The normalized spacial score (nSPS) is 22.5. The number of nitrogens with zero attached hydrogens (tertiary/aromatic N) is 5. The van der Waals surface area contributed by atoms with Gasteiger partial charge < -0.3 is 19.9 Å². The number of carbonyl (C=O) groups excluding carboxylic acids is 2. The predicted molar refractivity (Wildman–Crippen MR) is 156 cm³/mol. The second-order valence-electron chi connectivity index (χ2n) is 12.3. The zero-order valence-corrected chi connectivity index (χ0v) is 25.2. The molecule has 2 aromatic heterocycles. The van der Waals surface area contributed by atoms with Crippen LogP contribution in [0.4, 0.5) is 17.6 Å². The number of fused-ring (bicyclic) bond motifs is 1. The number of ether oxygens (including phenoxy) is 1. The number of benzene rings is 1. The van der Waals surface area contributed by atoms with Crippen molar-refractivity contribution in [1.29, 1.82) is 0 Å². The van der Waals surface area contributed by atoms with E-state index in [9.17, 15) is 27.2 Å². The molecular weight excluding hydrogens is 592 g/mol. The molecule has 3 aliphatic heterocycles. The average Bonchev–Trinajstić information content (AvgIpc) is 3.79. The molecule has 0 bridgehead atoms. The number of pyridine rings is 1. The van der Waals surface area contributed by atoms with Crippen molar-refractivity contribution in [2.75, 3.05) is 45.9 Å². The lowest BCUT2D eigenvalue weighted by atomic mass is 10.0. The molecule has 240 valence electrons. The number of alkyl halides is 3. The van der Waals surface area contributed by atoms with E-state index in [1.807, 2.05) is 11.0 Å². The standard InChI is InChI=1S/C32H36F4N6O3/c1-19-29(20(2)42(39-19)28-7-6-25(13-37-28)32(34,35)36)31(44)41-16-23-14-40(15-24(23)17-41)10-8-27(21-4-3-5-26(33)12-21)38-30(43)22-9-11-45-18-22/h3-7,12-13,22-24,27H,8-11,14-18H2,1-2H3,(H,38,43). The Labute approximate surface area is 258 Å². The molecule has 3 aromatic rings. The number of rotatable bonds is 8. The van der Waals surface area contributed by atoms with Crippen LogP contribution in [-0.2, 0) is 15.7 Å². The number of halogens is 4. The SMILES string of the molecule is Cc1nn(-c2ccc(C(F)(F)F)cn2)c(C)c1C(=O)N1CC2CN(CCC(NC(=O)C3CCOC3)c3cccc(F)c3)CC2C1. The molecule has 45 heavy (non-hydrogen) atoms. The average molecular weight is 629 g/mol. The smallest absolute Gasteiger partial charge is 0.381 e. The van der Waals surface area contributed by atoms with Crippen LogP contribution in [0.15, 0.2) is 42.6 Å². The van der Waals surface area contributed by atoms with Gasteiger partial charge in [0.2, 0.25) is 5.91 Å². The number of nitrogens with one attached hydrogen (secondary N) is 1. The predicted octanol–water partition coefficient (Wildman–Crippen LogP) is 4.33. The van der Waals surface area contributed by atoms with E-state index in [2.05, 4.69) is 20.3 Å². The van der Waals surface area contributed by atoms with Crippen molar-refractivity contribution in [3.63, 3.8) is 0 Å². The van der Waals surface area contributed by atoms with Gasteiger partial charge in [0.1, 0.15) is 5.82 Å². The molecule has 5 heterocycles. The Kier molecular flexibility index (Phi) is 8.66. The molecule has 1 aromatic carbocycles. The van der Waals surface area contributed by atoms with Crippen molar-refractivity contribution < 1.29 is 31.9 Å². The van der Waals surface area contributed by atoms with Crippen molar-refractivity contribution in [3.05, 3.63) is 76.5 Å². The molecule has 6 rings (SSSR count). The Morgan fingerprint density at radius 1 is 1.09 bits per heavy atom. The molecule has 2 amide bonds. The van der Waals surface area contributed by atoms with E-state index < -0.39 is 11.7 Å². The summed E-state index contributed by atoms with van der Waals surface area (Å²) in [4.78, 5) is 34.7. The minimum absolute atomic E-state index is 0.0720. The summed E-state index contributed by atoms with van der Waals surface area (Å²) in [6, 6.07) is 8.22. The van der Waals surface area contributed by atoms with Crippen molar-refractivity contribution in [3.8, 4) is 5.82 Å². The molecule has 0 aliphatic carbocycles. The number of likely N-dealkylation sites (tertiary alicyclic amines) is 2. The Hall–Kier alpha value is -3.84. The van der Waals surface area contributed by atoms with Crippen molar-refractivity contribution in [2.45, 2.75) is 38.9 Å². The van der Waals surface area contributed by atoms with Crippen LogP contribution in [0, 0.1) is 37.4 Å². The third-order valence-corrected chi connectivity index (χ3v) is 9.25. The number of carbonyl (C=O) groups is 2. The molecule has 9 nitrogen and oxygen atoms in total. The molecule has 4 unspecified atom stereocenters. The van der Waals surface area contributed by atoms with E-state index in [1.54, 1.807) is 19.9 Å². The number of aromatic nitrogens is 3. The molecule has 13 heteroatoms. The maximum atomic E-state index is 14.1. The minimum atomic E-state index is -4.49. The maximum Gasteiger partial charge on any atom is 0.417 e. The zero-order chi connectivity index (χ0) is 31.9. The summed E-state index contributed by atoms with van der Waals surface area (Å²) in [5.74, 6) is 0.0365. The van der Waals surface area contributed by atoms with E-state index in [0.717, 1.165) is 30.9 Å². The largest absolute Gasteiger partial charge is 0.417 e. The lowest BCUT2D eigenvalue weighted by Crippen LogP contribution is -2.37. The van der Waals surface area contributed by atoms with Gasteiger partial charge in [-0.2, -0.15) is 18.3 Å². The van der Waals surface area contributed by atoms with Crippen LogP contribution in [0.2, 0.25) is 0 Å². The monoisotopic (exact) mass is 628 g/mol. The first-order valence-corrected chi connectivity index (χ1v) is 15.2. The molecule has 1 N–H and O–H groups in total. The van der Waals surface area contributed by atoms with E-state index in [1.165, 1.54) is 22.9 Å². The van der Waals surface area contributed by atoms with E-state index in [0.29, 0.717) is 74.5 Å². The number of amides is 2. The van der Waals surface area contributed by atoms with Crippen molar-refractivity contribution in [2.24, 2.45) is 17.8 Å². The van der Waals surface area contributed by atoms with Gasteiger partial charge in [0.15, 0.2) is 5.82 Å². The van der Waals surface area contributed by atoms with Crippen LogP contribution >= 0.6 is 0 Å². The summed E-state index contributed by atoms with van der Waals surface area (Å²) in [7, 11) is 0. The van der Waals surface area contributed by atoms with Crippen LogP contribution < -0.4 is 5.32 Å². The van der Waals surface area contributed by atoms with Gasteiger partial charge >= 0.3 is 6.18 Å². The van der Waals surface area contributed by atoms with Gasteiger partial charge in [0.05, 0.1) is 41.1 Å². The van der Waals surface area contributed by atoms with Gasteiger partial charge in [-0.25, -0.2) is 14.1 Å². The Morgan fingerprint density at radius 2 is 1.84 bits per heavy atom. The van der Waals surface area contributed by atoms with Crippen LogP contribution in [0.5, 0.6) is 0 Å². The van der Waals surface area contributed by atoms with E-state index in [-0.39, 0.29) is 35.4 Å². The van der Waals surface area contributed by atoms with Gasteiger partial charge in [-0.15, -0.1) is 0 Å². The Balaban J connectivity index is 1.07. The van der Waals surface area contributed by atoms with Crippen molar-refractivity contribution >= 4 is 11.8 Å². The Bertz CT molecular complexity index is 1540. The summed E-state index contributed by atoms with van der Waals surface area (Å²) >= 11 is 0. The fourth-order valence-corrected chi connectivity index (χ4v) is 6.84. The third-order valence-electron chi connectivity index (χ3n) is 9.25. The summed E-state index contributed by atoms with van der Waals surface area (Å²) in [6.45, 7) is 7.92. The molecule has 4 atom stereocenters. The first-order valence-electron chi connectivity index (χ1n) is 15.2. The quantitative estimate of drug-likeness (QED) is 0.374. The van der Waals surface area contributed by atoms with Gasteiger partial charge in [0.25, 0.3) is 5.91 Å². The summed E-state index contributed by atoms with van der Waals surface area (Å²) in [6.07, 6.45) is -2.42. The van der Waals surface area contributed by atoms with Crippen LogP contribution in [0.1, 0.15) is 51.8 Å². The first kappa shape index (κ1) is 31.2. The highest BCUT2D eigenvalue weighted by molar-refractivity contribution is 5.96. The highest BCUT2D eigenvalue weighted by atomic mass is 19.4. The fourth-order valence-electron chi connectivity index (χ4n) is 6.84. The molecule has 0 saturated carbocycles. The lowest BCUT2D eigenvalue weighted by Gasteiger charge is -2.25. The molecule has 3 fully saturated rings. The van der Waals surface area contributed by atoms with Crippen LogP contribution in [0.25, 0.3) is 5.82 Å². The van der Waals surface area contributed by atoms with Gasteiger partial charge in [-0.05, 0) is 68.4 Å². The molecule has 0 radical (unpaired) electrons. The number of hydrogen-bond acceptors (Lipinski definition) is 6. The fraction of sp³-hybridized carbons (Fsp3) is 0.500. The van der Waals surface area contributed by atoms with E-state index in [4.69, 9.17) is 4.74 Å².